The van der Waals surface area contributed by atoms with E-state index in [-0.39, 0.29) is 5.91 Å². The van der Waals surface area contributed by atoms with E-state index in [4.69, 9.17) is 11.6 Å². The second-order valence-corrected chi connectivity index (χ2v) is 3.65. The van der Waals surface area contributed by atoms with E-state index < -0.39 is 0 Å². The summed E-state index contributed by atoms with van der Waals surface area (Å²) in [6, 6.07) is 0. The van der Waals surface area contributed by atoms with E-state index in [2.05, 4.69) is 5.32 Å². The van der Waals surface area contributed by atoms with Gasteiger partial charge in [0.25, 0.3) is 0 Å². The van der Waals surface area contributed by atoms with Crippen LogP contribution in [0.1, 0.15) is 19.3 Å². The van der Waals surface area contributed by atoms with Gasteiger partial charge in [-0.3, -0.25) is 4.79 Å². The molecule has 0 aliphatic carbocycles. The van der Waals surface area contributed by atoms with Gasteiger partial charge in [0, 0.05) is 31.9 Å². The number of carbonyl (C=O) groups is 1. The molecule has 1 heterocycles. The zero-order valence-corrected chi connectivity index (χ0v) is 8.65. The van der Waals surface area contributed by atoms with Crippen LogP contribution in [0.4, 0.5) is 0 Å². The average Bonchev–Trinajstić information content (AvgIpc) is 2.42. The van der Waals surface area contributed by atoms with Crippen molar-refractivity contribution < 1.29 is 4.79 Å². The van der Waals surface area contributed by atoms with E-state index in [1.54, 1.807) is 0 Å². The van der Waals surface area contributed by atoms with Crippen LogP contribution in [-0.4, -0.2) is 42.9 Å². The summed E-state index contributed by atoms with van der Waals surface area (Å²) in [6.45, 7) is 3.70. The highest BCUT2D eigenvalue weighted by Gasteiger charge is 2.13. The molecule has 0 unspecified atom stereocenters. The zero-order chi connectivity index (χ0) is 9.52. The summed E-state index contributed by atoms with van der Waals surface area (Å²) in [5.41, 5.74) is 0. The van der Waals surface area contributed by atoms with Crippen LogP contribution in [0.3, 0.4) is 0 Å². The molecule has 3 nitrogen and oxygen atoms in total. The number of nitrogens with one attached hydrogen (secondary N) is 1. The van der Waals surface area contributed by atoms with Crippen molar-refractivity contribution in [3.05, 3.63) is 0 Å². The molecule has 0 spiro atoms. The fourth-order valence-corrected chi connectivity index (χ4v) is 1.60. The molecule has 1 N–H and O–H groups in total. The van der Waals surface area contributed by atoms with Crippen LogP contribution in [0.2, 0.25) is 0 Å². The molecule has 1 saturated heterocycles. The third-order valence-electron chi connectivity index (χ3n) is 2.22. The Labute approximate surface area is 84.4 Å². The minimum Gasteiger partial charge on any atom is -0.341 e. The standard InChI is InChI=1S/C9H17ClN2O/c10-4-1-3-9(13)12-7-2-5-11-6-8-12/h11H,1-8H2. The van der Waals surface area contributed by atoms with Gasteiger partial charge in [0.1, 0.15) is 0 Å². The average molecular weight is 205 g/mol. The number of carbonyl (C=O) groups excluding carboxylic acids is 1. The lowest BCUT2D eigenvalue weighted by Crippen LogP contribution is -2.34. The molecule has 0 aromatic heterocycles. The first-order valence-corrected chi connectivity index (χ1v) is 5.42. The van der Waals surface area contributed by atoms with E-state index in [0.717, 1.165) is 39.0 Å². The van der Waals surface area contributed by atoms with Crippen molar-refractivity contribution in [3.8, 4) is 0 Å². The van der Waals surface area contributed by atoms with Crippen LogP contribution in [-0.2, 0) is 4.79 Å². The molecule has 0 aromatic carbocycles. The number of rotatable bonds is 3. The summed E-state index contributed by atoms with van der Waals surface area (Å²) in [5, 5.41) is 3.27. The maximum absolute atomic E-state index is 11.5. The molecule has 1 fully saturated rings. The van der Waals surface area contributed by atoms with Gasteiger partial charge in [-0.25, -0.2) is 0 Å². The molecule has 0 bridgehead atoms. The first-order chi connectivity index (χ1) is 6.34. The summed E-state index contributed by atoms with van der Waals surface area (Å²) in [4.78, 5) is 13.5. The lowest BCUT2D eigenvalue weighted by Gasteiger charge is -2.19. The number of amides is 1. The summed E-state index contributed by atoms with van der Waals surface area (Å²) in [7, 11) is 0. The van der Waals surface area contributed by atoms with Crippen LogP contribution < -0.4 is 5.32 Å². The Balaban J connectivity index is 2.26. The monoisotopic (exact) mass is 204 g/mol. The summed E-state index contributed by atoms with van der Waals surface area (Å²) < 4.78 is 0. The topological polar surface area (TPSA) is 32.3 Å². The Hall–Kier alpha value is -0.280. The van der Waals surface area contributed by atoms with Gasteiger partial charge >= 0.3 is 0 Å². The molecule has 0 atom stereocenters. The smallest absolute Gasteiger partial charge is 0.222 e. The van der Waals surface area contributed by atoms with Crippen molar-refractivity contribution >= 4 is 17.5 Å². The number of alkyl halides is 1. The maximum atomic E-state index is 11.5. The highest BCUT2D eigenvalue weighted by atomic mass is 35.5. The largest absolute Gasteiger partial charge is 0.341 e. The van der Waals surface area contributed by atoms with Crippen LogP contribution >= 0.6 is 11.6 Å². The Morgan fingerprint density at radius 3 is 3.00 bits per heavy atom. The fraction of sp³-hybridized carbons (Fsp3) is 0.889. The number of hydrogen-bond donors (Lipinski definition) is 1. The second kappa shape index (κ2) is 6.22. The van der Waals surface area contributed by atoms with Gasteiger partial charge in [0.15, 0.2) is 0 Å². The molecule has 1 rings (SSSR count). The number of hydrogen-bond acceptors (Lipinski definition) is 2. The lowest BCUT2D eigenvalue weighted by molar-refractivity contribution is -0.131. The van der Waals surface area contributed by atoms with Crippen molar-refractivity contribution in [2.75, 3.05) is 32.1 Å². The molecule has 4 heteroatoms. The third kappa shape index (κ3) is 3.96. The van der Waals surface area contributed by atoms with Crippen molar-refractivity contribution in [2.45, 2.75) is 19.3 Å². The minimum absolute atomic E-state index is 0.254. The van der Waals surface area contributed by atoms with Gasteiger partial charge in [-0.2, -0.15) is 0 Å². The Morgan fingerprint density at radius 1 is 1.38 bits per heavy atom. The molecule has 76 valence electrons. The van der Waals surface area contributed by atoms with Gasteiger partial charge in [0.2, 0.25) is 5.91 Å². The van der Waals surface area contributed by atoms with Gasteiger partial charge in [-0.15, -0.1) is 11.6 Å². The minimum atomic E-state index is 0.254. The van der Waals surface area contributed by atoms with E-state index in [9.17, 15) is 4.79 Å². The van der Waals surface area contributed by atoms with Crippen LogP contribution in [0, 0.1) is 0 Å². The highest BCUT2D eigenvalue weighted by Crippen LogP contribution is 2.01. The van der Waals surface area contributed by atoms with Crippen LogP contribution in [0.15, 0.2) is 0 Å². The Bertz CT molecular complexity index is 156. The predicted molar refractivity (Wildman–Crippen MR) is 54.0 cm³/mol. The molecule has 1 aliphatic rings. The van der Waals surface area contributed by atoms with Crippen molar-refractivity contribution in [3.63, 3.8) is 0 Å². The van der Waals surface area contributed by atoms with E-state index in [1.165, 1.54) is 0 Å². The summed E-state index contributed by atoms with van der Waals surface area (Å²) in [6.07, 6.45) is 2.46. The zero-order valence-electron chi connectivity index (χ0n) is 7.89. The number of nitrogens with zero attached hydrogens (tertiary/aromatic N) is 1. The second-order valence-electron chi connectivity index (χ2n) is 3.28. The fourth-order valence-electron chi connectivity index (χ4n) is 1.47. The van der Waals surface area contributed by atoms with Gasteiger partial charge < -0.3 is 10.2 Å². The number of halogens is 1. The van der Waals surface area contributed by atoms with Gasteiger partial charge in [-0.05, 0) is 19.4 Å². The molecule has 1 aliphatic heterocycles. The van der Waals surface area contributed by atoms with Crippen LogP contribution in [0.25, 0.3) is 0 Å². The van der Waals surface area contributed by atoms with Gasteiger partial charge in [-0.1, -0.05) is 0 Å². The first kappa shape index (κ1) is 10.8. The summed E-state index contributed by atoms with van der Waals surface area (Å²) in [5.74, 6) is 0.835. The van der Waals surface area contributed by atoms with Crippen molar-refractivity contribution in [1.82, 2.24) is 10.2 Å². The lowest BCUT2D eigenvalue weighted by atomic mass is 10.3. The molecule has 0 saturated carbocycles. The normalized spacial score (nSPS) is 18.4. The predicted octanol–water partition coefficient (Wildman–Crippen LogP) is 0.827. The van der Waals surface area contributed by atoms with E-state index in [1.807, 2.05) is 4.90 Å². The molecule has 0 radical (unpaired) electrons. The highest BCUT2D eigenvalue weighted by molar-refractivity contribution is 6.17. The maximum Gasteiger partial charge on any atom is 0.222 e. The first-order valence-electron chi connectivity index (χ1n) is 4.89. The molecule has 0 aromatic rings. The van der Waals surface area contributed by atoms with Crippen molar-refractivity contribution in [2.24, 2.45) is 0 Å². The molecule has 13 heavy (non-hydrogen) atoms. The van der Waals surface area contributed by atoms with Gasteiger partial charge in [0.05, 0.1) is 0 Å². The van der Waals surface area contributed by atoms with E-state index >= 15 is 0 Å². The molecular weight excluding hydrogens is 188 g/mol. The quantitative estimate of drug-likeness (QED) is 0.691. The van der Waals surface area contributed by atoms with E-state index in [0.29, 0.717) is 12.3 Å². The molecular formula is C9H17ClN2O. The summed E-state index contributed by atoms with van der Waals surface area (Å²) >= 11 is 5.53. The van der Waals surface area contributed by atoms with Crippen molar-refractivity contribution in [1.29, 1.82) is 0 Å². The third-order valence-corrected chi connectivity index (χ3v) is 2.48. The SMILES string of the molecule is O=C(CCCCl)N1CCCNCC1. The molecule has 1 amide bonds. The Morgan fingerprint density at radius 2 is 2.23 bits per heavy atom. The van der Waals surface area contributed by atoms with Crippen LogP contribution in [0.5, 0.6) is 0 Å². The Kier molecular flexibility index (Phi) is 5.16.